The minimum absolute atomic E-state index is 0.0370. The summed E-state index contributed by atoms with van der Waals surface area (Å²) in [5.74, 6) is 1.72. The van der Waals surface area contributed by atoms with E-state index in [-0.39, 0.29) is 10.8 Å². The highest BCUT2D eigenvalue weighted by atomic mass is 32.2. The monoisotopic (exact) mass is 883 g/mol. The maximum Gasteiger partial charge on any atom is 0.132 e. The predicted octanol–water partition coefficient (Wildman–Crippen LogP) is 17.1. The van der Waals surface area contributed by atoms with E-state index in [0.717, 1.165) is 39.7 Å². The minimum atomic E-state index is -0.655. The van der Waals surface area contributed by atoms with Crippen molar-refractivity contribution in [1.29, 1.82) is 0 Å². The molecule has 0 N–H and O–H groups in total. The lowest BCUT2D eigenvalue weighted by atomic mass is 9.63. The Morgan fingerprint density at radius 3 is 1.43 bits per heavy atom. The van der Waals surface area contributed by atoms with Gasteiger partial charge in [-0.05, 0) is 127 Å². The van der Waals surface area contributed by atoms with Crippen molar-refractivity contribution in [3.8, 4) is 22.6 Å². The largest absolute Gasteiger partial charge is 0.457 e. The summed E-state index contributed by atoms with van der Waals surface area (Å²) in [5.41, 5.74) is 17.2. The number of anilines is 3. The second kappa shape index (κ2) is 15.2. The molecule has 0 bridgehead atoms. The highest BCUT2D eigenvalue weighted by Gasteiger charge is 2.51. The molecule has 2 nitrogen and oxygen atoms in total. The van der Waals surface area contributed by atoms with Gasteiger partial charge in [0, 0.05) is 38.0 Å². The number of benzene rings is 9. The topological polar surface area (TPSA) is 12.5 Å². The van der Waals surface area contributed by atoms with E-state index in [1.165, 1.54) is 65.4 Å². The lowest BCUT2D eigenvalue weighted by Crippen LogP contribution is -2.34. The van der Waals surface area contributed by atoms with E-state index < -0.39 is 10.8 Å². The lowest BCUT2D eigenvalue weighted by molar-refractivity contribution is 0.434. The second-order valence-corrected chi connectivity index (χ2v) is 21.6. The Morgan fingerprint density at radius 1 is 0.358 bits per heavy atom. The zero-order chi connectivity index (χ0) is 45.7. The van der Waals surface area contributed by atoms with Crippen LogP contribution in [-0.2, 0) is 21.7 Å². The summed E-state index contributed by atoms with van der Waals surface area (Å²) in [4.78, 5) is 5.03. The van der Waals surface area contributed by atoms with Crippen LogP contribution in [0.4, 0.5) is 17.1 Å². The Morgan fingerprint density at radius 2 is 0.836 bits per heavy atom. The van der Waals surface area contributed by atoms with Gasteiger partial charge in [0.15, 0.2) is 0 Å². The fourth-order valence-electron chi connectivity index (χ4n) is 11.4. The smallest absolute Gasteiger partial charge is 0.132 e. The van der Waals surface area contributed by atoms with Crippen LogP contribution in [0.2, 0.25) is 0 Å². The molecule has 1 spiro atoms. The Balaban J connectivity index is 1.14. The average molecular weight is 884 g/mol. The predicted molar refractivity (Wildman–Crippen MR) is 278 cm³/mol. The van der Waals surface area contributed by atoms with Crippen molar-refractivity contribution in [1.82, 2.24) is 0 Å². The number of hydrogen-bond acceptors (Lipinski definition) is 3. The highest BCUT2D eigenvalue weighted by molar-refractivity contribution is 7.99. The van der Waals surface area contributed by atoms with E-state index in [0.29, 0.717) is 0 Å². The van der Waals surface area contributed by atoms with Gasteiger partial charge in [-0.15, -0.1) is 0 Å². The van der Waals surface area contributed by atoms with Gasteiger partial charge in [-0.1, -0.05) is 205 Å². The molecule has 0 aromatic heterocycles. The fraction of sp³-hybridized carbons (Fsp3) is 0.156. The lowest BCUT2D eigenvalue weighted by Gasteiger charge is -2.42. The Labute approximate surface area is 400 Å². The van der Waals surface area contributed by atoms with Crippen LogP contribution in [0.3, 0.4) is 0 Å². The average Bonchev–Trinajstić information content (AvgIpc) is 3.63. The number of rotatable bonds is 5. The summed E-state index contributed by atoms with van der Waals surface area (Å²) >= 11 is 1.90. The number of nitrogens with zero attached hydrogens (tertiary/aromatic N) is 1. The molecular formula is C64H53NOS. The van der Waals surface area contributed by atoms with Crippen LogP contribution in [-0.4, -0.2) is 0 Å². The maximum absolute atomic E-state index is 6.91. The van der Waals surface area contributed by atoms with Crippen molar-refractivity contribution in [2.75, 3.05) is 4.90 Å². The Kier molecular flexibility index (Phi) is 9.41. The van der Waals surface area contributed by atoms with Crippen LogP contribution in [0.5, 0.6) is 11.5 Å². The normalized spacial score (nSPS) is 14.7. The van der Waals surface area contributed by atoms with Gasteiger partial charge in [-0.25, -0.2) is 0 Å². The molecule has 0 atom stereocenters. The molecule has 0 fully saturated rings. The van der Waals surface area contributed by atoms with Gasteiger partial charge in [-0.2, -0.15) is 0 Å². The summed E-state index contributed by atoms with van der Waals surface area (Å²) < 4.78 is 6.91. The van der Waals surface area contributed by atoms with E-state index in [2.05, 4.69) is 259 Å². The second-order valence-electron chi connectivity index (χ2n) is 20.5. The summed E-state index contributed by atoms with van der Waals surface area (Å²) in [6, 6.07) is 79.2. The van der Waals surface area contributed by atoms with Crippen molar-refractivity contribution in [3.63, 3.8) is 0 Å². The first-order chi connectivity index (χ1) is 32.5. The van der Waals surface area contributed by atoms with Crippen LogP contribution in [0, 0.1) is 0 Å². The SMILES string of the molecule is CC(C)(C)c1ccc2c(c1)C1(c3ccccc3Sc3ccc(N(c4ccccc4)c4ccc5c(c4)C(c4ccccc4)(c4ccccc4)c4ccccc4O5)cc31)c1cc(C(C)(C)C)ccc1-2. The molecule has 67 heavy (non-hydrogen) atoms. The van der Waals surface area contributed by atoms with E-state index in [1.807, 2.05) is 11.8 Å². The zero-order valence-electron chi connectivity index (χ0n) is 39.0. The van der Waals surface area contributed by atoms with Gasteiger partial charge in [-0.3, -0.25) is 0 Å². The van der Waals surface area contributed by atoms with Crippen molar-refractivity contribution in [2.45, 2.75) is 73.0 Å². The molecule has 3 heteroatoms. The van der Waals surface area contributed by atoms with Crippen molar-refractivity contribution < 1.29 is 4.74 Å². The molecule has 12 rings (SSSR count). The molecule has 326 valence electrons. The van der Waals surface area contributed by atoms with Crippen LogP contribution in [0.1, 0.15) is 97.2 Å². The molecule has 0 unspecified atom stereocenters. The Bertz CT molecular complexity index is 3270. The first-order valence-electron chi connectivity index (χ1n) is 23.6. The molecule has 1 aliphatic carbocycles. The standard InChI is InChI=1S/C64H53NOS/c1-61(2,3)44-30-34-49-50-35-31-45(62(4,5)6)39-54(50)64(53(49)38-44)52-27-17-19-29-59(52)67-60-37-33-48(41-56(60)64)65(46-24-14-9-15-25-46)47-32-36-58-55(40-47)63(42-20-10-7-11-21-42,43-22-12-8-13-23-43)51-26-16-18-28-57(51)66-58/h7-41H,1-6H3. The first-order valence-corrected chi connectivity index (χ1v) is 24.4. The number of para-hydroxylation sites is 2. The van der Waals surface area contributed by atoms with E-state index in [4.69, 9.17) is 4.74 Å². The fourth-order valence-corrected chi connectivity index (χ4v) is 12.5. The Hall–Kier alpha value is -7.07. The van der Waals surface area contributed by atoms with Crippen molar-refractivity contribution in [3.05, 3.63) is 268 Å². The number of fused-ring (bicyclic) bond motifs is 11. The summed E-state index contributed by atoms with van der Waals surface area (Å²) in [6.07, 6.45) is 0. The van der Waals surface area contributed by atoms with Crippen molar-refractivity contribution >= 4 is 28.8 Å². The number of ether oxygens (including phenoxy) is 1. The van der Waals surface area contributed by atoms with E-state index in [9.17, 15) is 0 Å². The summed E-state index contributed by atoms with van der Waals surface area (Å²) in [5, 5.41) is 0. The van der Waals surface area contributed by atoms with E-state index >= 15 is 0 Å². The third-order valence-corrected chi connectivity index (χ3v) is 15.7. The van der Waals surface area contributed by atoms with Gasteiger partial charge in [0.2, 0.25) is 0 Å². The third kappa shape index (κ3) is 6.24. The quantitative estimate of drug-likeness (QED) is 0.171. The zero-order valence-corrected chi connectivity index (χ0v) is 39.8. The maximum atomic E-state index is 6.91. The van der Waals surface area contributed by atoms with Gasteiger partial charge >= 0.3 is 0 Å². The molecule has 2 heterocycles. The summed E-state index contributed by atoms with van der Waals surface area (Å²) in [6.45, 7) is 14.0. The van der Waals surface area contributed by atoms with Crippen LogP contribution in [0.15, 0.2) is 222 Å². The number of hydrogen-bond donors (Lipinski definition) is 0. The molecule has 0 amide bonds. The van der Waals surface area contributed by atoms with Gasteiger partial charge < -0.3 is 9.64 Å². The summed E-state index contributed by atoms with van der Waals surface area (Å²) in [7, 11) is 0. The van der Waals surface area contributed by atoms with Gasteiger partial charge in [0.05, 0.1) is 10.8 Å². The third-order valence-electron chi connectivity index (χ3n) is 14.6. The molecule has 9 aromatic rings. The minimum Gasteiger partial charge on any atom is -0.457 e. The molecule has 3 aliphatic rings. The molecule has 9 aromatic carbocycles. The molecule has 0 saturated carbocycles. The van der Waals surface area contributed by atoms with E-state index in [1.54, 1.807) is 0 Å². The highest BCUT2D eigenvalue weighted by Crippen LogP contribution is 2.64. The van der Waals surface area contributed by atoms with Gasteiger partial charge in [0.1, 0.15) is 11.5 Å². The van der Waals surface area contributed by atoms with Gasteiger partial charge in [0.25, 0.3) is 0 Å². The molecule has 0 radical (unpaired) electrons. The molecule has 0 saturated heterocycles. The molecule has 2 aliphatic heterocycles. The molecular weight excluding hydrogens is 831 g/mol. The van der Waals surface area contributed by atoms with Crippen LogP contribution in [0.25, 0.3) is 11.1 Å². The first kappa shape index (κ1) is 41.4. The van der Waals surface area contributed by atoms with Crippen molar-refractivity contribution in [2.24, 2.45) is 0 Å². The van der Waals surface area contributed by atoms with Crippen LogP contribution >= 0.6 is 11.8 Å². The van der Waals surface area contributed by atoms with Crippen LogP contribution < -0.4 is 9.64 Å².